The molecular formula is C79H75F9N24Pt3. The first-order valence-electron chi connectivity index (χ1n) is 34.8. The van der Waals surface area contributed by atoms with Gasteiger partial charge in [-0.25, -0.2) is 15.0 Å². The maximum absolute atomic E-state index is 12.6. The first-order valence-corrected chi connectivity index (χ1v) is 34.8. The molecule has 12 heterocycles. The van der Waals surface area contributed by atoms with Crippen LogP contribution in [-0.4, -0.2) is 89.1 Å². The van der Waals surface area contributed by atoms with Gasteiger partial charge in [0, 0.05) is 108 Å². The molecule has 0 radical (unpaired) electrons. The van der Waals surface area contributed by atoms with E-state index in [0.29, 0.717) is 39.3 Å². The van der Waals surface area contributed by atoms with E-state index < -0.39 is 36.0 Å². The van der Waals surface area contributed by atoms with E-state index in [1.54, 1.807) is 18.6 Å². The quantitative estimate of drug-likeness (QED) is 0.128. The van der Waals surface area contributed by atoms with Gasteiger partial charge in [-0.15, -0.1) is 0 Å². The summed E-state index contributed by atoms with van der Waals surface area (Å²) < 4.78 is 120. The predicted molar refractivity (Wildman–Crippen MR) is 403 cm³/mol. The molecule has 36 heteroatoms. The molecule has 0 saturated carbocycles. The smallest absolute Gasteiger partial charge is 0.572 e. The molecule has 0 fully saturated rings. The van der Waals surface area contributed by atoms with E-state index in [0.717, 1.165) is 90.2 Å². The van der Waals surface area contributed by atoms with Crippen LogP contribution in [0.25, 0.3) is 107 Å². The second-order valence-electron chi connectivity index (χ2n) is 29.1. The van der Waals surface area contributed by atoms with Gasteiger partial charge >= 0.3 is 81.7 Å². The summed E-state index contributed by atoms with van der Waals surface area (Å²) in [5.41, 5.74) is 10.5. The normalized spacial score (nSPS) is 11.7. The Morgan fingerprint density at radius 1 is 0.348 bits per heavy atom. The summed E-state index contributed by atoms with van der Waals surface area (Å²) in [6, 6.07) is 39.0. The summed E-state index contributed by atoms with van der Waals surface area (Å²) in [4.78, 5) is 35.6. The Morgan fingerprint density at radius 3 is 0.991 bits per heavy atom. The van der Waals surface area contributed by atoms with Gasteiger partial charge in [-0.3, -0.25) is 30.2 Å². The summed E-state index contributed by atoms with van der Waals surface area (Å²) in [7, 11) is 1.94. The van der Waals surface area contributed by atoms with Crippen LogP contribution in [0.3, 0.4) is 0 Å². The van der Waals surface area contributed by atoms with Gasteiger partial charge < -0.3 is 74.5 Å². The third kappa shape index (κ3) is 22.2. The van der Waals surface area contributed by atoms with Gasteiger partial charge in [0.1, 0.15) is 34.9 Å². The number of benzene rings is 4. The van der Waals surface area contributed by atoms with Crippen LogP contribution >= 0.6 is 0 Å². The predicted octanol–water partition coefficient (Wildman–Crippen LogP) is 16.6. The molecule has 24 nitrogen and oxygen atoms in total. The van der Waals surface area contributed by atoms with Crippen molar-refractivity contribution in [3.05, 3.63) is 228 Å². The van der Waals surface area contributed by atoms with Crippen molar-refractivity contribution < 1.29 is 103 Å². The van der Waals surface area contributed by atoms with Gasteiger partial charge in [0.2, 0.25) is 0 Å². The number of pyridine rings is 3. The number of fused-ring (bicyclic) bond motifs is 3. The van der Waals surface area contributed by atoms with Crippen molar-refractivity contribution in [3.8, 4) is 74.8 Å². The minimum absolute atomic E-state index is 0. The summed E-state index contributed by atoms with van der Waals surface area (Å²) in [5.74, 6) is -1.55. The van der Waals surface area contributed by atoms with E-state index in [9.17, 15) is 39.5 Å². The second-order valence-corrected chi connectivity index (χ2v) is 29.1. The molecule has 16 aromatic rings. The van der Waals surface area contributed by atoms with E-state index in [1.807, 2.05) is 177 Å². The van der Waals surface area contributed by atoms with Gasteiger partial charge in [0.15, 0.2) is 0 Å². The van der Waals surface area contributed by atoms with Crippen molar-refractivity contribution in [1.29, 1.82) is 0 Å². The van der Waals surface area contributed by atoms with Gasteiger partial charge in [0.05, 0.1) is 17.1 Å². The molecule has 0 aliphatic carbocycles. The number of nitrogens with zero attached hydrogens (tertiary/aromatic N) is 24. The molecule has 0 unspecified atom stereocenters. The second kappa shape index (κ2) is 36.8. The van der Waals surface area contributed by atoms with Crippen LogP contribution in [0.2, 0.25) is 0 Å². The fourth-order valence-electron chi connectivity index (χ4n) is 11.2. The van der Waals surface area contributed by atoms with Crippen LogP contribution in [0, 0.1) is 20.8 Å². The number of imidazole rings is 3. The van der Waals surface area contributed by atoms with Crippen LogP contribution in [-0.2, 0) is 105 Å². The molecule has 0 atom stereocenters. The molecule has 16 rings (SSSR count). The van der Waals surface area contributed by atoms with Crippen LogP contribution in [0.1, 0.15) is 133 Å². The van der Waals surface area contributed by atoms with E-state index in [1.165, 1.54) is 18.6 Å². The molecule has 0 spiro atoms. The Kier molecular flexibility index (Phi) is 28.7. The molecule has 115 heavy (non-hydrogen) atoms. The van der Waals surface area contributed by atoms with Crippen molar-refractivity contribution in [3.63, 3.8) is 0 Å². The van der Waals surface area contributed by atoms with E-state index in [4.69, 9.17) is 0 Å². The minimum atomic E-state index is -4.62. The molecule has 604 valence electrons. The molecule has 0 amide bonds. The molecule has 12 aromatic heterocycles. The number of para-hydroxylation sites is 1. The van der Waals surface area contributed by atoms with E-state index in [-0.39, 0.29) is 96.9 Å². The number of rotatable bonds is 8. The standard InChI is InChI=1S/3C16H14F3N4.C13H11N4.C10H13N4.C8H9N4.3Pt/c3*1-15(2,3)10-4-5-11-9(8-10)6-7-20-12(11)13-21-14(23-22-13)16(17,18)19;1-10-9-12(16-15-10)13-14-7-8-17(13)11-5-3-2-4-6-11;1-7(2)14-5-4-11-10(14)9-6-8(3)12-13-9;1-6-5-7(11-10-6)8-9-3-4-12(8)2;;;/h3*4-8H,1-3H3;2-9H,1H3;4-7H,1-3H3;3-5H,1-2H3;;;/q6*-1;3*+2. The fourth-order valence-corrected chi connectivity index (χ4v) is 11.2. The van der Waals surface area contributed by atoms with Gasteiger partial charge in [-0.2, -0.15) is 39.5 Å². The molecule has 0 aliphatic rings. The number of halogens is 9. The van der Waals surface area contributed by atoms with Gasteiger partial charge in [0.25, 0.3) is 0 Å². The Hall–Kier alpha value is -10.8. The fraction of sp³-hybridized carbons (Fsp3) is 0.278. The summed E-state index contributed by atoms with van der Waals surface area (Å²) in [6.45, 7) is 28.8. The maximum Gasteiger partial charge on any atom is 2.00 e. The average Bonchev–Trinajstić information content (AvgIpc) is 1.61. The minimum Gasteiger partial charge on any atom is -0.572 e. The Balaban J connectivity index is 0.000000174. The number of alkyl halides is 9. The SMILES string of the molecule is CC(C)(C)c1ccc2c(-c3nc(C(F)(F)F)n[n-]3)nccc2c1.CC(C)(C)c1ccc2c(-c3nc(C(F)(F)F)n[n-]3)nccc2c1.CC(C)(C)c1ccc2c(-c3nc(C(F)(F)F)n[n-]3)nccc2c1.Cc1cc(-c2nccn2-c2ccccc2)[n-]n1.Cc1cc(-c2nccn2C(C)C)[n-]n1.Cc1cc(-c2nccn2C)[n-]n1.[Pt+2].[Pt+2].[Pt+2]. The first kappa shape index (κ1) is 89.8. The Bertz CT molecular complexity index is 5490. The van der Waals surface area contributed by atoms with Crippen molar-refractivity contribution >= 4 is 32.3 Å². The topological polar surface area (TPSA) is 293 Å². The van der Waals surface area contributed by atoms with Crippen LogP contribution in [0.4, 0.5) is 39.5 Å². The molecule has 0 bridgehead atoms. The molecular weight excluding hydrogens is 2040 g/mol. The van der Waals surface area contributed by atoms with Crippen molar-refractivity contribution in [2.24, 2.45) is 7.05 Å². The van der Waals surface area contributed by atoms with Crippen molar-refractivity contribution in [2.75, 3.05) is 0 Å². The van der Waals surface area contributed by atoms with E-state index >= 15 is 0 Å². The third-order valence-electron chi connectivity index (χ3n) is 17.0. The first-order chi connectivity index (χ1) is 52.8. The van der Waals surface area contributed by atoms with Gasteiger partial charge in [-0.05, 0) is 132 Å². The number of aryl methyl sites for hydroxylation is 4. The monoisotopic (exact) mass is 2120 g/mol. The van der Waals surface area contributed by atoms with E-state index in [2.05, 4.69) is 187 Å². The van der Waals surface area contributed by atoms with Gasteiger partial charge in [-0.1, -0.05) is 170 Å². The summed E-state index contributed by atoms with van der Waals surface area (Å²) in [5, 5.41) is 48.7. The zero-order valence-electron chi connectivity index (χ0n) is 64.4. The average molecular weight is 2120 g/mol. The largest absolute Gasteiger partial charge is 2.00 e. The number of hydrogen-bond acceptors (Lipinski definition) is 15. The Labute approximate surface area is 697 Å². The molecule has 4 aromatic carbocycles. The molecule has 0 saturated heterocycles. The number of aromatic nitrogens is 24. The summed E-state index contributed by atoms with van der Waals surface area (Å²) in [6.07, 6.45) is 1.85. The molecule has 0 N–H and O–H groups in total. The Morgan fingerprint density at radius 2 is 0.678 bits per heavy atom. The zero-order valence-corrected chi connectivity index (χ0v) is 71.2. The van der Waals surface area contributed by atoms with Crippen LogP contribution in [0.15, 0.2) is 177 Å². The summed E-state index contributed by atoms with van der Waals surface area (Å²) >= 11 is 0. The van der Waals surface area contributed by atoms with Crippen molar-refractivity contribution in [1.82, 2.24) is 120 Å². The maximum atomic E-state index is 12.6. The number of hydrogen-bond donors (Lipinski definition) is 0. The van der Waals surface area contributed by atoms with Crippen LogP contribution in [0.5, 0.6) is 0 Å². The van der Waals surface area contributed by atoms with Crippen molar-refractivity contribution in [2.45, 2.75) is 138 Å². The third-order valence-corrected chi connectivity index (χ3v) is 17.0. The van der Waals surface area contributed by atoms with Crippen LogP contribution < -0.4 is 30.6 Å². The zero-order chi connectivity index (χ0) is 80.8. The molecule has 0 aliphatic heterocycles.